The van der Waals surface area contributed by atoms with Crippen LogP contribution in [0.15, 0.2) is 97.1 Å². The van der Waals surface area contributed by atoms with Gasteiger partial charge in [-0.3, -0.25) is 0 Å². The molecule has 4 aromatic rings. The quantitative estimate of drug-likeness (QED) is 0.160. The van der Waals surface area contributed by atoms with Crippen molar-refractivity contribution in [3.05, 3.63) is 97.1 Å². The molecular weight excluding hydrogens is 717 g/mol. The van der Waals surface area contributed by atoms with Gasteiger partial charge in [0.25, 0.3) is 0 Å². The Bertz CT molecular complexity index is 1290. The van der Waals surface area contributed by atoms with Crippen LogP contribution in [0.4, 0.5) is 0 Å². The number of ether oxygens (including phenoxy) is 4. The van der Waals surface area contributed by atoms with Crippen molar-refractivity contribution >= 4 is 49.0 Å². The topological polar surface area (TPSA) is 117 Å². The molecular formula is C35H40O8P2Pd. The van der Waals surface area contributed by atoms with Crippen LogP contribution >= 0.6 is 15.8 Å². The summed E-state index contributed by atoms with van der Waals surface area (Å²) < 4.78 is 23.2. The third kappa shape index (κ3) is 12.7. The number of carboxylic acid groups (broad SMARTS) is 2. The van der Waals surface area contributed by atoms with E-state index in [0.717, 1.165) is 55.6 Å². The molecule has 0 N–H and O–H groups in total. The molecule has 0 aliphatic heterocycles. The van der Waals surface area contributed by atoms with E-state index in [9.17, 15) is 0 Å². The van der Waals surface area contributed by atoms with Gasteiger partial charge in [-0.15, -0.1) is 0 Å². The molecule has 0 heterocycles. The zero-order valence-corrected chi connectivity index (χ0v) is 30.2. The normalized spacial score (nSPS) is 9.91. The Morgan fingerprint density at radius 2 is 0.696 bits per heavy atom. The molecule has 248 valence electrons. The van der Waals surface area contributed by atoms with Crippen LogP contribution in [0.1, 0.15) is 20.3 Å². The molecule has 0 amide bonds. The Labute approximate surface area is 288 Å². The number of rotatable bonds is 12. The Balaban J connectivity index is 0.00000106. The van der Waals surface area contributed by atoms with E-state index >= 15 is 0 Å². The van der Waals surface area contributed by atoms with Gasteiger partial charge < -0.3 is 38.7 Å². The first-order valence-corrected chi connectivity index (χ1v) is 17.2. The molecule has 0 bridgehead atoms. The molecule has 0 aromatic heterocycles. The molecule has 0 atom stereocenters. The number of carbonyl (C=O) groups excluding carboxylic acids is 2. The van der Waals surface area contributed by atoms with E-state index in [0.29, 0.717) is 0 Å². The predicted octanol–water partition coefficient (Wildman–Crippen LogP) is 3.19. The van der Waals surface area contributed by atoms with Crippen molar-refractivity contribution in [3.8, 4) is 23.0 Å². The summed E-state index contributed by atoms with van der Waals surface area (Å²) in [5.41, 5.74) is 0. The average Bonchev–Trinajstić information content (AvgIpc) is 3.04. The van der Waals surface area contributed by atoms with Crippen LogP contribution in [0.5, 0.6) is 23.0 Å². The second-order valence-corrected chi connectivity index (χ2v) is 13.9. The SMILES string of the molecule is CC(=O)[O-].CC(=O)[O-].COc1ccccc1P(CCCP(c1ccccc1OC)c1ccccc1OC)c1ccccc1OC.[Pd+2]. The monoisotopic (exact) mass is 756 g/mol. The average molecular weight is 757 g/mol. The van der Waals surface area contributed by atoms with Crippen LogP contribution in [-0.2, 0) is 30.0 Å². The minimum atomic E-state index is -1.08. The van der Waals surface area contributed by atoms with E-state index in [4.69, 9.17) is 38.7 Å². The van der Waals surface area contributed by atoms with Gasteiger partial charge in [0.05, 0.1) is 28.4 Å². The van der Waals surface area contributed by atoms with Crippen molar-refractivity contribution in [2.45, 2.75) is 20.3 Å². The molecule has 0 saturated carbocycles. The number of benzene rings is 4. The fraction of sp³-hybridized carbons (Fsp3) is 0.257. The third-order valence-corrected chi connectivity index (χ3v) is 11.6. The van der Waals surface area contributed by atoms with E-state index in [1.165, 1.54) is 21.2 Å². The number of hydrogen-bond acceptors (Lipinski definition) is 8. The molecule has 0 aliphatic carbocycles. The van der Waals surface area contributed by atoms with Crippen LogP contribution in [0.2, 0.25) is 0 Å². The summed E-state index contributed by atoms with van der Waals surface area (Å²) in [4.78, 5) is 17.8. The summed E-state index contributed by atoms with van der Waals surface area (Å²) in [5.74, 6) is 1.54. The van der Waals surface area contributed by atoms with Crippen molar-refractivity contribution in [1.29, 1.82) is 0 Å². The van der Waals surface area contributed by atoms with Gasteiger partial charge in [0.2, 0.25) is 0 Å². The maximum Gasteiger partial charge on any atom is 2.00 e. The standard InChI is InChI=1S/C31H34O4P2.2C2H4O2.Pd/c1-32-24-14-5-9-18-28(24)36(29-19-10-6-15-25(29)33-2)22-13-23-37(30-20-11-7-16-26(30)34-3)31-21-12-8-17-27(31)35-4;2*1-2(3)4;/h5-12,14-21H,13,22-23H2,1-4H3;2*1H3,(H,3,4);/q;;;+2/p-2. The first kappa shape index (κ1) is 40.6. The molecule has 4 rings (SSSR count). The minimum absolute atomic E-state index is 0. The number of para-hydroxylation sites is 4. The number of hydrogen-bond donors (Lipinski definition) is 0. The molecule has 11 heteroatoms. The van der Waals surface area contributed by atoms with Crippen LogP contribution < -0.4 is 50.4 Å². The Kier molecular flexibility index (Phi) is 19.5. The number of aliphatic carboxylic acids is 2. The van der Waals surface area contributed by atoms with E-state index in [2.05, 4.69) is 72.8 Å². The van der Waals surface area contributed by atoms with Gasteiger partial charge in [0.15, 0.2) is 0 Å². The maximum absolute atomic E-state index is 8.89. The molecule has 0 spiro atoms. The van der Waals surface area contributed by atoms with Crippen molar-refractivity contribution in [1.82, 2.24) is 0 Å². The second-order valence-electron chi connectivity index (χ2n) is 9.33. The molecule has 0 aliphatic rings. The van der Waals surface area contributed by atoms with Gasteiger partial charge >= 0.3 is 20.4 Å². The predicted molar refractivity (Wildman–Crippen MR) is 180 cm³/mol. The van der Waals surface area contributed by atoms with E-state index < -0.39 is 27.8 Å². The molecule has 4 aromatic carbocycles. The number of carboxylic acids is 2. The Morgan fingerprint density at radius 3 is 0.891 bits per heavy atom. The number of methoxy groups -OCH3 is 4. The van der Waals surface area contributed by atoms with Crippen molar-refractivity contribution < 1.29 is 59.2 Å². The van der Waals surface area contributed by atoms with E-state index in [1.54, 1.807) is 28.4 Å². The van der Waals surface area contributed by atoms with Crippen LogP contribution in [0.25, 0.3) is 0 Å². The zero-order valence-electron chi connectivity index (χ0n) is 26.8. The Morgan fingerprint density at radius 1 is 0.500 bits per heavy atom. The van der Waals surface area contributed by atoms with Gasteiger partial charge in [0.1, 0.15) is 23.0 Å². The fourth-order valence-corrected chi connectivity index (χ4v) is 10.0. The maximum atomic E-state index is 8.89. The van der Waals surface area contributed by atoms with Crippen LogP contribution in [-0.4, -0.2) is 52.7 Å². The summed E-state index contributed by atoms with van der Waals surface area (Å²) >= 11 is 0. The summed E-state index contributed by atoms with van der Waals surface area (Å²) in [6.07, 6.45) is 3.06. The number of carbonyl (C=O) groups is 2. The summed E-state index contributed by atoms with van der Waals surface area (Å²) in [6, 6.07) is 33.5. The van der Waals surface area contributed by atoms with E-state index in [-0.39, 0.29) is 20.4 Å². The molecule has 0 fully saturated rings. The Hall–Kier alpha value is -3.46. The van der Waals surface area contributed by atoms with Gasteiger partial charge in [-0.05, 0) is 72.7 Å². The molecule has 46 heavy (non-hydrogen) atoms. The fourth-order valence-electron chi connectivity index (χ4n) is 4.54. The first-order valence-electron chi connectivity index (χ1n) is 14.1. The zero-order chi connectivity index (χ0) is 33.2. The third-order valence-electron chi connectivity index (χ3n) is 6.27. The first-order chi connectivity index (χ1) is 21.7. The van der Waals surface area contributed by atoms with E-state index in [1.807, 2.05) is 24.3 Å². The van der Waals surface area contributed by atoms with Crippen LogP contribution in [0, 0.1) is 0 Å². The largest absolute Gasteiger partial charge is 2.00 e. The van der Waals surface area contributed by atoms with Gasteiger partial charge in [-0.1, -0.05) is 72.8 Å². The van der Waals surface area contributed by atoms with Crippen molar-refractivity contribution in [2.75, 3.05) is 40.8 Å². The van der Waals surface area contributed by atoms with Crippen molar-refractivity contribution in [2.24, 2.45) is 0 Å². The molecule has 0 saturated heterocycles. The van der Waals surface area contributed by atoms with Gasteiger partial charge in [-0.25, -0.2) is 0 Å². The van der Waals surface area contributed by atoms with Crippen LogP contribution in [0.3, 0.4) is 0 Å². The summed E-state index contributed by atoms with van der Waals surface area (Å²) in [5, 5.41) is 22.7. The smallest absolute Gasteiger partial charge is 0.550 e. The minimum Gasteiger partial charge on any atom is -0.550 e. The summed E-state index contributed by atoms with van der Waals surface area (Å²) in [7, 11) is 5.59. The summed E-state index contributed by atoms with van der Waals surface area (Å²) in [6.45, 7) is 1.94. The molecule has 0 unspecified atom stereocenters. The molecule has 0 radical (unpaired) electrons. The molecule has 8 nitrogen and oxygen atoms in total. The van der Waals surface area contributed by atoms with Crippen molar-refractivity contribution in [3.63, 3.8) is 0 Å². The van der Waals surface area contributed by atoms with Gasteiger partial charge in [-0.2, -0.15) is 0 Å². The second kappa shape index (κ2) is 22.1. The van der Waals surface area contributed by atoms with Gasteiger partial charge in [0, 0.05) is 33.2 Å².